The molecule has 1 rings (SSSR count). The Hall–Kier alpha value is -2.44. The lowest BCUT2D eigenvalue weighted by atomic mass is 10.1. The highest BCUT2D eigenvalue weighted by Gasteiger charge is 2.13. The van der Waals surface area contributed by atoms with Gasteiger partial charge in [-0.3, -0.25) is 19.7 Å². The average Bonchev–Trinajstić information content (AvgIpc) is 2.33. The summed E-state index contributed by atoms with van der Waals surface area (Å²) in [6, 6.07) is 3.93. The zero-order valence-electron chi connectivity index (χ0n) is 10.4. The van der Waals surface area contributed by atoms with E-state index in [1.807, 2.05) is 0 Å². The molecule has 1 aromatic rings. The van der Waals surface area contributed by atoms with Crippen LogP contribution in [0.1, 0.15) is 30.1 Å². The van der Waals surface area contributed by atoms with E-state index in [9.17, 15) is 19.7 Å². The first-order valence-electron chi connectivity index (χ1n) is 5.67. The van der Waals surface area contributed by atoms with Gasteiger partial charge in [0.15, 0.2) is 5.78 Å². The van der Waals surface area contributed by atoms with Crippen LogP contribution in [-0.4, -0.2) is 28.3 Å². The van der Waals surface area contributed by atoms with Crippen LogP contribution in [0, 0.1) is 10.1 Å². The van der Waals surface area contributed by atoms with Crippen molar-refractivity contribution in [3.63, 3.8) is 0 Å². The van der Waals surface area contributed by atoms with Gasteiger partial charge in [0.25, 0.3) is 5.69 Å². The highest BCUT2D eigenvalue weighted by Crippen LogP contribution is 2.23. The lowest BCUT2D eigenvalue weighted by molar-refractivity contribution is -0.384. The van der Waals surface area contributed by atoms with Gasteiger partial charge < -0.3 is 10.4 Å². The number of hydrogen-bond donors (Lipinski definition) is 2. The number of ketones is 1. The fraction of sp³-hybridized carbons (Fsp3) is 0.333. The smallest absolute Gasteiger partial charge is 0.303 e. The largest absolute Gasteiger partial charge is 0.481 e. The maximum absolute atomic E-state index is 11.4. The number of Topliss-reactive ketones (excluding diaryl/α,β-unsaturated/α-hetero) is 1. The Kier molecular flexibility index (Phi) is 4.99. The number of nitrogens with one attached hydrogen (secondary N) is 1. The number of carbonyl (C=O) groups is 2. The summed E-state index contributed by atoms with van der Waals surface area (Å²) in [6.45, 7) is 1.69. The summed E-state index contributed by atoms with van der Waals surface area (Å²) >= 11 is 0. The first-order valence-corrected chi connectivity index (χ1v) is 5.67. The van der Waals surface area contributed by atoms with Gasteiger partial charge in [-0.2, -0.15) is 0 Å². The van der Waals surface area contributed by atoms with Crippen molar-refractivity contribution in [1.29, 1.82) is 0 Å². The molecule has 0 radical (unpaired) electrons. The lowest BCUT2D eigenvalue weighted by Gasteiger charge is -2.09. The van der Waals surface area contributed by atoms with Crippen molar-refractivity contribution in [2.75, 3.05) is 11.9 Å². The van der Waals surface area contributed by atoms with Crippen LogP contribution >= 0.6 is 0 Å². The molecule has 0 unspecified atom stereocenters. The molecular formula is C12H14N2O5. The Bertz CT molecular complexity index is 513. The predicted molar refractivity (Wildman–Crippen MR) is 68.5 cm³/mol. The standard InChI is InChI=1S/C12H14N2O5/c1-8(15)10-5-4-9(14(18)19)7-11(10)13-6-2-3-12(16)17/h4-5,7,13H,2-3,6H2,1H3,(H,16,17). The van der Waals surface area contributed by atoms with Gasteiger partial charge in [-0.15, -0.1) is 0 Å². The van der Waals surface area contributed by atoms with Crippen molar-refractivity contribution in [2.45, 2.75) is 19.8 Å². The van der Waals surface area contributed by atoms with Crippen LogP contribution in [0.5, 0.6) is 0 Å². The quantitative estimate of drug-likeness (QED) is 0.338. The number of anilines is 1. The molecule has 0 bridgehead atoms. The number of nitro groups is 1. The highest BCUT2D eigenvalue weighted by atomic mass is 16.6. The molecule has 7 nitrogen and oxygen atoms in total. The molecule has 0 saturated heterocycles. The first kappa shape index (κ1) is 14.6. The summed E-state index contributed by atoms with van der Waals surface area (Å²) in [5.74, 6) is -1.12. The molecule has 0 spiro atoms. The van der Waals surface area contributed by atoms with Crippen molar-refractivity contribution in [3.05, 3.63) is 33.9 Å². The van der Waals surface area contributed by atoms with Crippen LogP contribution in [0.2, 0.25) is 0 Å². The molecule has 0 aliphatic carbocycles. The zero-order chi connectivity index (χ0) is 14.4. The van der Waals surface area contributed by atoms with Crippen LogP contribution in [-0.2, 0) is 4.79 Å². The summed E-state index contributed by atoms with van der Waals surface area (Å²) < 4.78 is 0. The minimum Gasteiger partial charge on any atom is -0.481 e. The summed E-state index contributed by atoms with van der Waals surface area (Å²) in [6.07, 6.45) is 0.368. The second-order valence-electron chi connectivity index (χ2n) is 3.97. The van der Waals surface area contributed by atoms with E-state index >= 15 is 0 Å². The van der Waals surface area contributed by atoms with Crippen molar-refractivity contribution < 1.29 is 19.6 Å². The Morgan fingerprint density at radius 2 is 2.11 bits per heavy atom. The molecule has 0 aliphatic rings. The summed E-state index contributed by atoms with van der Waals surface area (Å²) in [7, 11) is 0. The summed E-state index contributed by atoms with van der Waals surface area (Å²) in [4.78, 5) is 31.9. The Balaban J connectivity index is 2.82. The summed E-state index contributed by atoms with van der Waals surface area (Å²) in [5.41, 5.74) is 0.582. The van der Waals surface area contributed by atoms with Gasteiger partial charge in [0.1, 0.15) is 0 Å². The van der Waals surface area contributed by atoms with Crippen molar-refractivity contribution in [3.8, 4) is 0 Å². The van der Waals surface area contributed by atoms with Crippen LogP contribution < -0.4 is 5.32 Å². The molecule has 19 heavy (non-hydrogen) atoms. The number of rotatable bonds is 7. The SMILES string of the molecule is CC(=O)c1ccc([N+](=O)[O-])cc1NCCCC(=O)O. The van der Waals surface area contributed by atoms with Gasteiger partial charge in [-0.25, -0.2) is 0 Å². The number of hydrogen-bond acceptors (Lipinski definition) is 5. The third-order valence-corrected chi connectivity index (χ3v) is 2.48. The molecule has 0 amide bonds. The van der Waals surface area contributed by atoms with E-state index in [4.69, 9.17) is 5.11 Å². The van der Waals surface area contributed by atoms with E-state index in [-0.39, 0.29) is 17.9 Å². The minimum atomic E-state index is -0.910. The first-order chi connectivity index (χ1) is 8.91. The molecule has 0 atom stereocenters. The molecule has 2 N–H and O–H groups in total. The van der Waals surface area contributed by atoms with E-state index in [0.717, 1.165) is 0 Å². The number of aliphatic carboxylic acids is 1. The van der Waals surface area contributed by atoms with Crippen molar-refractivity contribution in [1.82, 2.24) is 0 Å². The van der Waals surface area contributed by atoms with E-state index in [0.29, 0.717) is 24.2 Å². The number of carboxylic acid groups (broad SMARTS) is 1. The second-order valence-corrected chi connectivity index (χ2v) is 3.97. The normalized spacial score (nSPS) is 9.95. The number of benzene rings is 1. The molecule has 0 aliphatic heterocycles. The number of non-ortho nitro benzene ring substituents is 1. The predicted octanol–water partition coefficient (Wildman–Crippen LogP) is 2.07. The Morgan fingerprint density at radius 1 is 1.42 bits per heavy atom. The zero-order valence-corrected chi connectivity index (χ0v) is 10.4. The molecule has 0 fully saturated rings. The third kappa shape index (κ3) is 4.38. The minimum absolute atomic E-state index is 0.00265. The van der Waals surface area contributed by atoms with Crippen LogP contribution in [0.15, 0.2) is 18.2 Å². The maximum Gasteiger partial charge on any atom is 0.303 e. The van der Waals surface area contributed by atoms with Gasteiger partial charge in [0.05, 0.1) is 10.6 Å². The van der Waals surface area contributed by atoms with E-state index in [1.165, 1.54) is 25.1 Å². The topological polar surface area (TPSA) is 110 Å². The maximum atomic E-state index is 11.4. The Morgan fingerprint density at radius 3 is 2.63 bits per heavy atom. The summed E-state index contributed by atoms with van der Waals surface area (Å²) in [5, 5.41) is 22.0. The molecule has 0 saturated carbocycles. The van der Waals surface area contributed by atoms with Gasteiger partial charge in [0.2, 0.25) is 0 Å². The lowest BCUT2D eigenvalue weighted by Crippen LogP contribution is -2.08. The van der Waals surface area contributed by atoms with E-state index < -0.39 is 10.9 Å². The number of nitrogens with zero attached hydrogens (tertiary/aromatic N) is 1. The molecular weight excluding hydrogens is 252 g/mol. The van der Waals surface area contributed by atoms with Crippen LogP contribution in [0.25, 0.3) is 0 Å². The number of carboxylic acids is 1. The highest BCUT2D eigenvalue weighted by molar-refractivity contribution is 6.00. The monoisotopic (exact) mass is 266 g/mol. The van der Waals surface area contributed by atoms with Gasteiger partial charge in [-0.1, -0.05) is 0 Å². The third-order valence-electron chi connectivity index (χ3n) is 2.48. The van der Waals surface area contributed by atoms with E-state index in [1.54, 1.807) is 0 Å². The van der Waals surface area contributed by atoms with Crippen LogP contribution in [0.3, 0.4) is 0 Å². The molecule has 0 heterocycles. The van der Waals surface area contributed by atoms with Crippen molar-refractivity contribution in [2.24, 2.45) is 0 Å². The fourth-order valence-electron chi connectivity index (χ4n) is 1.56. The second kappa shape index (κ2) is 6.48. The van der Waals surface area contributed by atoms with Gasteiger partial charge in [0, 0.05) is 30.7 Å². The van der Waals surface area contributed by atoms with E-state index in [2.05, 4.69) is 5.32 Å². The van der Waals surface area contributed by atoms with Crippen molar-refractivity contribution >= 4 is 23.1 Å². The molecule has 0 aromatic heterocycles. The number of nitro benzene ring substituents is 1. The van der Waals surface area contributed by atoms with Gasteiger partial charge in [-0.05, 0) is 19.4 Å². The molecule has 102 valence electrons. The number of carbonyl (C=O) groups excluding carboxylic acids is 1. The molecule has 1 aromatic carbocycles. The average molecular weight is 266 g/mol. The van der Waals surface area contributed by atoms with Crippen LogP contribution in [0.4, 0.5) is 11.4 Å². The van der Waals surface area contributed by atoms with Gasteiger partial charge >= 0.3 is 5.97 Å². The Labute approximate surface area is 109 Å². The molecule has 7 heteroatoms. The fourth-order valence-corrected chi connectivity index (χ4v) is 1.56.